The fourth-order valence-electron chi connectivity index (χ4n) is 3.75. The molecule has 1 aliphatic carbocycles. The zero-order valence-corrected chi connectivity index (χ0v) is 16.0. The molecular formula is C21H21FN6O. The molecule has 1 N–H and O–H groups in total. The third-order valence-corrected chi connectivity index (χ3v) is 5.41. The summed E-state index contributed by atoms with van der Waals surface area (Å²) in [7, 11) is 1.85. The molecular weight excluding hydrogens is 371 g/mol. The summed E-state index contributed by atoms with van der Waals surface area (Å²) in [5, 5.41) is 27.8. The van der Waals surface area contributed by atoms with Crippen molar-refractivity contribution in [3.63, 3.8) is 0 Å². The molecule has 0 radical (unpaired) electrons. The summed E-state index contributed by atoms with van der Waals surface area (Å²) < 4.78 is 15.9. The van der Waals surface area contributed by atoms with Crippen molar-refractivity contribution in [3.8, 4) is 28.8 Å². The molecule has 1 aromatic carbocycles. The van der Waals surface area contributed by atoms with E-state index in [1.165, 1.54) is 6.33 Å². The number of imidazole rings is 1. The van der Waals surface area contributed by atoms with Gasteiger partial charge in [0.25, 0.3) is 0 Å². The van der Waals surface area contributed by atoms with Gasteiger partial charge in [0.15, 0.2) is 11.5 Å². The van der Waals surface area contributed by atoms with E-state index in [-0.39, 0.29) is 11.8 Å². The lowest BCUT2D eigenvalue weighted by Gasteiger charge is -2.34. The summed E-state index contributed by atoms with van der Waals surface area (Å²) in [6, 6.07) is 10.5. The van der Waals surface area contributed by atoms with Crippen LogP contribution in [0.5, 0.6) is 5.75 Å². The maximum absolute atomic E-state index is 14.2. The molecule has 0 amide bonds. The van der Waals surface area contributed by atoms with Crippen LogP contribution in [0.25, 0.3) is 16.9 Å². The number of nitrogens with zero attached hydrogens (tertiary/aromatic N) is 6. The van der Waals surface area contributed by atoms with Crippen molar-refractivity contribution in [2.75, 3.05) is 11.9 Å². The summed E-state index contributed by atoms with van der Waals surface area (Å²) in [5.74, 6) is 0.656. The van der Waals surface area contributed by atoms with Crippen LogP contribution in [0.15, 0.2) is 42.9 Å². The van der Waals surface area contributed by atoms with Crippen molar-refractivity contribution >= 4 is 5.82 Å². The van der Waals surface area contributed by atoms with Crippen molar-refractivity contribution in [1.82, 2.24) is 19.7 Å². The van der Waals surface area contributed by atoms with Crippen LogP contribution in [0.4, 0.5) is 10.2 Å². The van der Waals surface area contributed by atoms with Crippen molar-refractivity contribution < 1.29 is 9.50 Å². The lowest BCUT2D eigenvalue weighted by atomic mass is 9.92. The average Bonchev–Trinajstić information content (AvgIpc) is 3.23. The largest absolute Gasteiger partial charge is 0.507 e. The third kappa shape index (κ3) is 3.76. The van der Waals surface area contributed by atoms with Gasteiger partial charge in [0, 0.05) is 24.9 Å². The average molecular weight is 392 g/mol. The molecule has 2 atom stereocenters. The van der Waals surface area contributed by atoms with Crippen LogP contribution < -0.4 is 4.90 Å². The van der Waals surface area contributed by atoms with Crippen LogP contribution in [-0.4, -0.2) is 44.1 Å². The summed E-state index contributed by atoms with van der Waals surface area (Å²) in [6.45, 7) is 0. The number of phenols is 1. The van der Waals surface area contributed by atoms with Gasteiger partial charge in [-0.15, -0.1) is 10.2 Å². The second kappa shape index (κ2) is 7.87. The van der Waals surface area contributed by atoms with E-state index >= 15 is 0 Å². The Balaban J connectivity index is 1.55. The van der Waals surface area contributed by atoms with Crippen LogP contribution in [0.1, 0.15) is 31.4 Å². The molecule has 1 saturated carbocycles. The van der Waals surface area contributed by atoms with Crippen LogP contribution in [-0.2, 0) is 0 Å². The molecule has 1 aliphatic rings. The number of halogens is 1. The SMILES string of the molecule is CN(c1ccc(-c2ccc(-n3cnc(C#N)c3)cc2O)nn1)[C@@H]1CCCC[C@@H]1F. The zero-order chi connectivity index (χ0) is 20.4. The Morgan fingerprint density at radius 2 is 2.03 bits per heavy atom. The number of aromatic hydroxyl groups is 1. The highest BCUT2D eigenvalue weighted by Crippen LogP contribution is 2.31. The predicted molar refractivity (Wildman–Crippen MR) is 107 cm³/mol. The molecule has 0 spiro atoms. The van der Waals surface area contributed by atoms with Crippen molar-refractivity contribution in [3.05, 3.63) is 48.5 Å². The minimum absolute atomic E-state index is 0.0428. The molecule has 29 heavy (non-hydrogen) atoms. The minimum Gasteiger partial charge on any atom is -0.507 e. The number of anilines is 1. The summed E-state index contributed by atoms with van der Waals surface area (Å²) in [4.78, 5) is 5.81. The summed E-state index contributed by atoms with van der Waals surface area (Å²) in [5.41, 5.74) is 2.04. The van der Waals surface area contributed by atoms with Crippen molar-refractivity contribution in [1.29, 1.82) is 5.26 Å². The smallest absolute Gasteiger partial charge is 0.158 e. The molecule has 0 unspecified atom stereocenters. The number of hydrogen-bond donors (Lipinski definition) is 1. The molecule has 7 nitrogen and oxygen atoms in total. The molecule has 3 aromatic rings. The van der Waals surface area contributed by atoms with Crippen molar-refractivity contribution in [2.45, 2.75) is 37.9 Å². The van der Waals surface area contributed by atoms with Crippen LogP contribution in [0.3, 0.4) is 0 Å². The second-order valence-corrected chi connectivity index (χ2v) is 7.23. The molecule has 4 rings (SSSR count). The van der Waals surface area contributed by atoms with E-state index in [1.807, 2.05) is 18.0 Å². The normalized spacial score (nSPS) is 18.9. The van der Waals surface area contributed by atoms with Gasteiger partial charge in [0.2, 0.25) is 0 Å². The van der Waals surface area contributed by atoms with E-state index in [2.05, 4.69) is 15.2 Å². The zero-order valence-electron chi connectivity index (χ0n) is 16.0. The van der Waals surface area contributed by atoms with Gasteiger partial charge in [-0.05, 0) is 37.1 Å². The Labute approximate surface area is 168 Å². The molecule has 8 heteroatoms. The van der Waals surface area contributed by atoms with Gasteiger partial charge in [-0.25, -0.2) is 9.37 Å². The van der Waals surface area contributed by atoms with E-state index in [0.717, 1.165) is 19.3 Å². The number of nitriles is 1. The lowest BCUT2D eigenvalue weighted by molar-refractivity contribution is 0.213. The highest BCUT2D eigenvalue weighted by atomic mass is 19.1. The number of rotatable bonds is 4. The Kier molecular flexibility index (Phi) is 5.12. The van der Waals surface area contributed by atoms with Gasteiger partial charge in [-0.1, -0.05) is 12.8 Å². The molecule has 0 saturated heterocycles. The number of alkyl halides is 1. The standard InChI is InChI=1S/C21H21FN6O/c1-27(19-5-3-2-4-17(19)22)21-9-8-18(25-26-21)16-7-6-15(10-20(16)29)28-12-14(11-23)24-13-28/h6-10,12-13,17,19,29H,2-5H2,1H3/t17-,19+/m0/s1. The summed E-state index contributed by atoms with van der Waals surface area (Å²) >= 11 is 0. The molecule has 2 heterocycles. The van der Waals surface area contributed by atoms with Gasteiger partial charge < -0.3 is 14.6 Å². The first kappa shape index (κ1) is 18.9. The summed E-state index contributed by atoms with van der Waals surface area (Å²) in [6.07, 6.45) is 5.61. The van der Waals surface area contributed by atoms with E-state index in [0.29, 0.717) is 34.9 Å². The Hall–Kier alpha value is -3.47. The van der Waals surface area contributed by atoms with E-state index in [1.54, 1.807) is 41.1 Å². The van der Waals surface area contributed by atoms with Crippen LogP contribution in [0, 0.1) is 11.3 Å². The van der Waals surface area contributed by atoms with Gasteiger partial charge >= 0.3 is 0 Å². The molecule has 0 bridgehead atoms. The third-order valence-electron chi connectivity index (χ3n) is 5.41. The van der Waals surface area contributed by atoms with E-state index < -0.39 is 6.17 Å². The first-order chi connectivity index (χ1) is 14.1. The van der Waals surface area contributed by atoms with Gasteiger partial charge in [0.05, 0.1) is 17.4 Å². The van der Waals surface area contributed by atoms with Crippen LogP contribution >= 0.6 is 0 Å². The topological polar surface area (TPSA) is 90.9 Å². The van der Waals surface area contributed by atoms with Gasteiger partial charge in [0.1, 0.15) is 24.3 Å². The minimum atomic E-state index is -0.850. The molecule has 148 valence electrons. The quantitative estimate of drug-likeness (QED) is 0.729. The lowest BCUT2D eigenvalue weighted by Crippen LogP contribution is -2.41. The van der Waals surface area contributed by atoms with Crippen molar-refractivity contribution in [2.24, 2.45) is 0 Å². The highest BCUT2D eigenvalue weighted by Gasteiger charge is 2.29. The fraction of sp³-hybridized carbons (Fsp3) is 0.333. The number of aromatic nitrogens is 4. The van der Waals surface area contributed by atoms with Gasteiger partial charge in [-0.2, -0.15) is 5.26 Å². The highest BCUT2D eigenvalue weighted by molar-refractivity contribution is 5.69. The Bertz CT molecular complexity index is 1040. The Morgan fingerprint density at radius 1 is 1.21 bits per heavy atom. The van der Waals surface area contributed by atoms with Crippen LogP contribution in [0.2, 0.25) is 0 Å². The maximum atomic E-state index is 14.2. The van der Waals surface area contributed by atoms with Gasteiger partial charge in [-0.3, -0.25) is 0 Å². The number of benzene rings is 1. The second-order valence-electron chi connectivity index (χ2n) is 7.23. The van der Waals surface area contributed by atoms with E-state index in [4.69, 9.17) is 5.26 Å². The monoisotopic (exact) mass is 392 g/mol. The molecule has 1 fully saturated rings. The maximum Gasteiger partial charge on any atom is 0.158 e. The molecule has 0 aliphatic heterocycles. The van der Waals surface area contributed by atoms with E-state index in [9.17, 15) is 9.50 Å². The Morgan fingerprint density at radius 3 is 2.69 bits per heavy atom. The molecule has 2 aromatic heterocycles. The first-order valence-electron chi connectivity index (χ1n) is 9.55. The first-order valence-corrected chi connectivity index (χ1v) is 9.55. The fourth-order valence-corrected chi connectivity index (χ4v) is 3.75. The number of hydrogen-bond acceptors (Lipinski definition) is 6. The predicted octanol–water partition coefficient (Wildman–Crippen LogP) is 3.62. The number of phenolic OH excluding ortho intramolecular Hbond substituents is 1.